The van der Waals surface area contributed by atoms with Crippen molar-refractivity contribution in [3.63, 3.8) is 0 Å². The molecule has 0 unspecified atom stereocenters. The van der Waals surface area contributed by atoms with E-state index in [-0.39, 0.29) is 12.1 Å². The number of H-pyrrole nitrogens is 1. The van der Waals surface area contributed by atoms with Crippen LogP contribution in [0.25, 0.3) is 33.3 Å². The molecule has 4 aromatic rings. The summed E-state index contributed by atoms with van der Waals surface area (Å²) in [5, 5.41) is 4.11. The van der Waals surface area contributed by atoms with Crippen molar-refractivity contribution < 1.29 is 17.9 Å². The number of nitrogens with zero attached hydrogens (tertiary/aromatic N) is 5. The molecule has 0 aromatic carbocycles. The first-order valence-corrected chi connectivity index (χ1v) is 11.4. The summed E-state index contributed by atoms with van der Waals surface area (Å²) in [7, 11) is 0. The summed E-state index contributed by atoms with van der Waals surface area (Å²) in [4.78, 5) is 21.3. The van der Waals surface area contributed by atoms with Crippen LogP contribution in [0.15, 0.2) is 24.7 Å². The maximum absolute atomic E-state index is 12.4. The van der Waals surface area contributed by atoms with Crippen molar-refractivity contribution >= 4 is 28.1 Å². The number of fused-ring (bicyclic) bond motifs is 2. The van der Waals surface area contributed by atoms with E-state index >= 15 is 0 Å². The first kappa shape index (κ1) is 22.6. The molecule has 0 amide bonds. The molecular weight excluding hydrogens is 447 g/mol. The number of imidazole rings is 1. The van der Waals surface area contributed by atoms with Crippen molar-refractivity contribution in [2.75, 3.05) is 5.32 Å². The summed E-state index contributed by atoms with van der Waals surface area (Å²) < 4.78 is 43.6. The lowest BCUT2D eigenvalue weighted by atomic mass is 9.93. The number of anilines is 1. The van der Waals surface area contributed by atoms with Crippen molar-refractivity contribution in [2.24, 2.45) is 0 Å². The minimum atomic E-state index is -4.59. The molecule has 1 aliphatic rings. The van der Waals surface area contributed by atoms with Gasteiger partial charge >= 0.3 is 6.36 Å². The Balaban J connectivity index is 1.34. The Morgan fingerprint density at radius 2 is 1.88 bits per heavy atom. The first-order chi connectivity index (χ1) is 16.2. The van der Waals surface area contributed by atoms with Gasteiger partial charge in [-0.3, -0.25) is 4.74 Å². The summed E-state index contributed by atoms with van der Waals surface area (Å²) in [5.74, 6) is 1.37. The number of hydrogen-bond donors (Lipinski definition) is 2. The van der Waals surface area contributed by atoms with E-state index in [9.17, 15) is 13.2 Å². The predicted octanol–water partition coefficient (Wildman–Crippen LogP) is 5.52. The SMILES string of the molecule is Cc1nc2ncc(-c3c[nH]c4nc(N[C@H]5CC[C@@H](OC(F)(F)F)CC5)ncc34)cc2n1C(C)C. The fourth-order valence-corrected chi connectivity index (χ4v) is 4.80. The minimum Gasteiger partial charge on any atom is -0.351 e. The number of aromatic amines is 1. The third kappa shape index (κ3) is 4.44. The summed E-state index contributed by atoms with van der Waals surface area (Å²) in [6, 6.07) is 2.35. The summed E-state index contributed by atoms with van der Waals surface area (Å²) in [6.07, 6.45) is 1.88. The Labute approximate surface area is 194 Å². The van der Waals surface area contributed by atoms with Gasteiger partial charge in [-0.1, -0.05) is 0 Å². The van der Waals surface area contributed by atoms with Crippen LogP contribution >= 0.6 is 0 Å². The van der Waals surface area contributed by atoms with Gasteiger partial charge in [-0.2, -0.15) is 4.98 Å². The molecular formula is C23H26F3N7O. The third-order valence-electron chi connectivity index (χ3n) is 6.29. The van der Waals surface area contributed by atoms with Crippen LogP contribution in [0.3, 0.4) is 0 Å². The van der Waals surface area contributed by atoms with Crippen molar-refractivity contribution in [3.8, 4) is 11.1 Å². The molecule has 0 saturated heterocycles. The maximum atomic E-state index is 12.4. The minimum absolute atomic E-state index is 0.00568. The van der Waals surface area contributed by atoms with Crippen LogP contribution in [0.5, 0.6) is 0 Å². The topological polar surface area (TPSA) is 93.5 Å². The summed E-state index contributed by atoms with van der Waals surface area (Å²) in [6.45, 7) is 6.21. The van der Waals surface area contributed by atoms with Gasteiger partial charge in [0.05, 0.1) is 11.6 Å². The monoisotopic (exact) mass is 473 g/mol. The highest BCUT2D eigenvalue weighted by molar-refractivity contribution is 5.95. The molecule has 5 rings (SSSR count). The lowest BCUT2D eigenvalue weighted by Crippen LogP contribution is -2.33. The van der Waals surface area contributed by atoms with Gasteiger partial charge in [0.25, 0.3) is 0 Å². The molecule has 1 aliphatic carbocycles. The van der Waals surface area contributed by atoms with E-state index in [0.717, 1.165) is 27.9 Å². The van der Waals surface area contributed by atoms with Crippen LogP contribution in [0, 0.1) is 6.92 Å². The van der Waals surface area contributed by atoms with Gasteiger partial charge in [-0.05, 0) is 52.5 Å². The third-order valence-corrected chi connectivity index (χ3v) is 6.29. The Kier molecular flexibility index (Phi) is 5.67. The maximum Gasteiger partial charge on any atom is 0.522 e. The van der Waals surface area contributed by atoms with E-state index in [4.69, 9.17) is 0 Å². The first-order valence-electron chi connectivity index (χ1n) is 11.4. The number of ether oxygens (including phenoxy) is 1. The van der Waals surface area contributed by atoms with Crippen LogP contribution in [0.2, 0.25) is 0 Å². The van der Waals surface area contributed by atoms with E-state index in [1.807, 2.05) is 13.1 Å². The van der Waals surface area contributed by atoms with Crippen LogP contribution in [0.1, 0.15) is 51.4 Å². The number of aryl methyl sites for hydroxylation is 1. The van der Waals surface area contributed by atoms with Crippen LogP contribution in [-0.4, -0.2) is 48.0 Å². The zero-order chi connectivity index (χ0) is 24.0. The second kappa shape index (κ2) is 8.53. The highest BCUT2D eigenvalue weighted by Gasteiger charge is 2.35. The quantitative estimate of drug-likeness (QED) is 0.397. The molecule has 2 N–H and O–H groups in total. The molecule has 4 aromatic heterocycles. The molecule has 34 heavy (non-hydrogen) atoms. The zero-order valence-corrected chi connectivity index (χ0v) is 19.1. The highest BCUT2D eigenvalue weighted by atomic mass is 19.4. The number of nitrogens with one attached hydrogen (secondary N) is 2. The lowest BCUT2D eigenvalue weighted by Gasteiger charge is -2.29. The number of pyridine rings is 1. The Bertz CT molecular complexity index is 1320. The molecule has 0 spiro atoms. The van der Waals surface area contributed by atoms with Crippen LogP contribution in [-0.2, 0) is 4.74 Å². The smallest absolute Gasteiger partial charge is 0.351 e. The molecule has 0 atom stereocenters. The largest absolute Gasteiger partial charge is 0.522 e. The molecule has 0 radical (unpaired) electrons. The van der Waals surface area contributed by atoms with Gasteiger partial charge in [0, 0.05) is 47.2 Å². The standard InChI is InChI=1S/C23H26F3N7O/c1-12(2)33-13(3)30-21-19(33)8-14(9-27-21)17-10-28-20-18(17)11-29-22(32-20)31-15-4-6-16(7-5-15)34-23(24,25)26/h8-12,15-16H,4-7H2,1-3H3,(H2,28,29,31,32)/t15-,16+. The molecule has 0 bridgehead atoms. The number of aromatic nitrogens is 6. The van der Waals surface area contributed by atoms with Gasteiger partial charge in [0.2, 0.25) is 5.95 Å². The normalized spacial score (nSPS) is 19.4. The molecule has 0 aliphatic heterocycles. The average Bonchev–Trinajstić information content (AvgIpc) is 3.33. The summed E-state index contributed by atoms with van der Waals surface area (Å²) in [5.41, 5.74) is 4.24. The average molecular weight is 474 g/mol. The Morgan fingerprint density at radius 3 is 2.59 bits per heavy atom. The van der Waals surface area contributed by atoms with Gasteiger partial charge < -0.3 is 14.9 Å². The molecule has 4 heterocycles. The zero-order valence-electron chi connectivity index (χ0n) is 19.1. The van der Waals surface area contributed by atoms with Crippen LogP contribution < -0.4 is 5.32 Å². The van der Waals surface area contributed by atoms with Crippen molar-refractivity contribution in [1.29, 1.82) is 0 Å². The number of alkyl halides is 3. The van der Waals surface area contributed by atoms with E-state index in [0.29, 0.717) is 42.9 Å². The Hall–Kier alpha value is -3.21. The number of hydrogen-bond acceptors (Lipinski definition) is 6. The van der Waals surface area contributed by atoms with Gasteiger partial charge in [0.15, 0.2) is 5.65 Å². The van der Waals surface area contributed by atoms with E-state index < -0.39 is 12.5 Å². The molecule has 1 saturated carbocycles. The molecule has 1 fully saturated rings. The van der Waals surface area contributed by atoms with Gasteiger partial charge in [0.1, 0.15) is 11.5 Å². The van der Waals surface area contributed by atoms with Crippen LogP contribution in [0.4, 0.5) is 19.1 Å². The second-order valence-electron chi connectivity index (χ2n) is 9.03. The molecule has 180 valence electrons. The highest BCUT2D eigenvalue weighted by Crippen LogP contribution is 2.32. The van der Waals surface area contributed by atoms with Crippen molar-refractivity contribution in [2.45, 2.75) is 71.0 Å². The fraction of sp³-hybridized carbons (Fsp3) is 0.478. The van der Waals surface area contributed by atoms with E-state index in [2.05, 4.69) is 59.5 Å². The fourth-order valence-electron chi connectivity index (χ4n) is 4.80. The van der Waals surface area contributed by atoms with Crippen molar-refractivity contribution in [3.05, 3.63) is 30.5 Å². The van der Waals surface area contributed by atoms with E-state index in [1.54, 1.807) is 12.4 Å². The van der Waals surface area contributed by atoms with E-state index in [1.165, 1.54) is 0 Å². The second-order valence-corrected chi connectivity index (χ2v) is 9.03. The lowest BCUT2D eigenvalue weighted by molar-refractivity contribution is -0.345. The van der Waals surface area contributed by atoms with Gasteiger partial charge in [-0.25, -0.2) is 15.0 Å². The van der Waals surface area contributed by atoms with Gasteiger partial charge in [-0.15, -0.1) is 13.2 Å². The van der Waals surface area contributed by atoms with Crippen molar-refractivity contribution in [1.82, 2.24) is 29.5 Å². The molecule has 11 heteroatoms. The Morgan fingerprint density at radius 1 is 1.12 bits per heavy atom. The molecule has 8 nitrogen and oxygen atoms in total. The summed E-state index contributed by atoms with van der Waals surface area (Å²) >= 11 is 0. The number of rotatable bonds is 5. The predicted molar refractivity (Wildman–Crippen MR) is 122 cm³/mol. The number of halogens is 3.